The molecule has 0 aliphatic carbocycles. The maximum absolute atomic E-state index is 13.5. The van der Waals surface area contributed by atoms with E-state index >= 15 is 0 Å². The van der Waals surface area contributed by atoms with Crippen LogP contribution in [0.4, 0.5) is 10.2 Å². The predicted molar refractivity (Wildman–Crippen MR) is 89.2 cm³/mol. The lowest BCUT2D eigenvalue weighted by molar-refractivity contribution is 0.628. The van der Waals surface area contributed by atoms with Crippen LogP contribution in [0.15, 0.2) is 54.6 Å². The van der Waals surface area contributed by atoms with Gasteiger partial charge in [0.15, 0.2) is 0 Å². The quantitative estimate of drug-likeness (QED) is 0.746. The normalized spacial score (nSPS) is 10.3. The third kappa shape index (κ3) is 3.01. The number of benzene rings is 2. The average molecular weight is 324 g/mol. The highest BCUT2D eigenvalue weighted by Crippen LogP contribution is 2.32. The SMILES string of the molecule is N#Cc1c(-c2cccc(F)c2)cc(-c2cccc(Cl)c2)nc1N. The maximum atomic E-state index is 13.5. The van der Waals surface area contributed by atoms with Gasteiger partial charge >= 0.3 is 0 Å². The number of hydrogen-bond acceptors (Lipinski definition) is 3. The van der Waals surface area contributed by atoms with Crippen LogP contribution >= 0.6 is 11.6 Å². The van der Waals surface area contributed by atoms with Crippen molar-refractivity contribution in [3.63, 3.8) is 0 Å². The van der Waals surface area contributed by atoms with E-state index in [2.05, 4.69) is 4.98 Å². The molecule has 2 N–H and O–H groups in total. The number of nitrogens with zero attached hydrogens (tertiary/aromatic N) is 2. The second-order valence-electron chi connectivity index (χ2n) is 4.95. The van der Waals surface area contributed by atoms with E-state index in [9.17, 15) is 9.65 Å². The van der Waals surface area contributed by atoms with Gasteiger partial charge in [0, 0.05) is 16.1 Å². The summed E-state index contributed by atoms with van der Waals surface area (Å²) in [4.78, 5) is 4.27. The number of nitriles is 1. The van der Waals surface area contributed by atoms with Crippen molar-refractivity contribution in [2.45, 2.75) is 0 Å². The van der Waals surface area contributed by atoms with Gasteiger partial charge < -0.3 is 5.73 Å². The molecule has 23 heavy (non-hydrogen) atoms. The molecule has 3 nitrogen and oxygen atoms in total. The third-order valence-corrected chi connectivity index (χ3v) is 3.65. The van der Waals surface area contributed by atoms with Gasteiger partial charge in [-0.25, -0.2) is 9.37 Å². The van der Waals surface area contributed by atoms with E-state index < -0.39 is 0 Å². The van der Waals surface area contributed by atoms with E-state index in [4.69, 9.17) is 17.3 Å². The highest BCUT2D eigenvalue weighted by atomic mass is 35.5. The van der Waals surface area contributed by atoms with Crippen LogP contribution in [0.25, 0.3) is 22.4 Å². The Morgan fingerprint density at radius 1 is 1.04 bits per heavy atom. The van der Waals surface area contributed by atoms with Crippen LogP contribution in [0.3, 0.4) is 0 Å². The van der Waals surface area contributed by atoms with E-state index in [1.165, 1.54) is 12.1 Å². The summed E-state index contributed by atoms with van der Waals surface area (Å²) in [7, 11) is 0. The van der Waals surface area contributed by atoms with E-state index in [1.54, 1.807) is 36.4 Å². The van der Waals surface area contributed by atoms with Crippen molar-refractivity contribution in [2.75, 3.05) is 5.73 Å². The Morgan fingerprint density at radius 2 is 1.78 bits per heavy atom. The summed E-state index contributed by atoms with van der Waals surface area (Å²) in [6, 6.07) is 16.9. The first-order valence-corrected chi connectivity index (χ1v) is 7.19. The molecule has 0 aliphatic heterocycles. The summed E-state index contributed by atoms with van der Waals surface area (Å²) in [5, 5.41) is 9.92. The molecule has 0 spiro atoms. The van der Waals surface area contributed by atoms with Crippen LogP contribution in [0, 0.1) is 17.1 Å². The van der Waals surface area contributed by atoms with Gasteiger partial charge in [0.2, 0.25) is 0 Å². The average Bonchev–Trinajstić information content (AvgIpc) is 2.54. The maximum Gasteiger partial charge on any atom is 0.142 e. The molecule has 2 aromatic carbocycles. The summed E-state index contributed by atoms with van der Waals surface area (Å²) in [5.74, 6) is -0.282. The third-order valence-electron chi connectivity index (χ3n) is 3.42. The minimum Gasteiger partial charge on any atom is -0.383 e. The number of nitrogens with two attached hydrogens (primary N) is 1. The highest BCUT2D eigenvalue weighted by molar-refractivity contribution is 6.30. The summed E-state index contributed by atoms with van der Waals surface area (Å²) in [6.07, 6.45) is 0. The van der Waals surface area contributed by atoms with Crippen LogP contribution in [0.5, 0.6) is 0 Å². The molecule has 0 fully saturated rings. The van der Waals surface area contributed by atoms with Crippen molar-refractivity contribution in [2.24, 2.45) is 0 Å². The van der Waals surface area contributed by atoms with Crippen molar-refractivity contribution in [3.05, 3.63) is 71.0 Å². The lowest BCUT2D eigenvalue weighted by Gasteiger charge is -2.10. The molecule has 0 saturated heterocycles. The van der Waals surface area contributed by atoms with Crippen LogP contribution in [0.1, 0.15) is 5.56 Å². The van der Waals surface area contributed by atoms with Gasteiger partial charge in [-0.05, 0) is 35.9 Å². The number of halogens is 2. The van der Waals surface area contributed by atoms with E-state index in [-0.39, 0.29) is 17.2 Å². The van der Waals surface area contributed by atoms with Crippen LogP contribution in [-0.4, -0.2) is 4.98 Å². The zero-order valence-electron chi connectivity index (χ0n) is 11.9. The van der Waals surface area contributed by atoms with Crippen molar-refractivity contribution < 1.29 is 4.39 Å². The topological polar surface area (TPSA) is 62.7 Å². The largest absolute Gasteiger partial charge is 0.383 e. The summed E-state index contributed by atoms with van der Waals surface area (Å²) < 4.78 is 13.5. The molecule has 5 heteroatoms. The van der Waals surface area contributed by atoms with E-state index in [0.717, 1.165) is 5.56 Å². The molecule has 112 valence electrons. The number of aromatic nitrogens is 1. The number of nitrogen functional groups attached to an aromatic ring is 1. The number of hydrogen-bond donors (Lipinski definition) is 1. The number of anilines is 1. The zero-order chi connectivity index (χ0) is 16.4. The molecule has 0 saturated carbocycles. The fraction of sp³-hybridized carbons (Fsp3) is 0. The molecule has 1 heterocycles. The van der Waals surface area contributed by atoms with Gasteiger partial charge in [0.25, 0.3) is 0 Å². The monoisotopic (exact) mass is 323 g/mol. The lowest BCUT2D eigenvalue weighted by atomic mass is 9.98. The smallest absolute Gasteiger partial charge is 0.142 e. The standard InChI is InChI=1S/C18H11ClFN3/c19-13-5-1-4-12(7-13)17-9-15(16(10-21)18(22)23-17)11-3-2-6-14(20)8-11/h1-9H,(H2,22,23). The second kappa shape index (κ2) is 6.07. The zero-order valence-corrected chi connectivity index (χ0v) is 12.7. The highest BCUT2D eigenvalue weighted by Gasteiger charge is 2.14. The Hall–Kier alpha value is -2.90. The molecule has 3 rings (SSSR count). The van der Waals surface area contributed by atoms with Crippen molar-refractivity contribution >= 4 is 17.4 Å². The van der Waals surface area contributed by atoms with Crippen LogP contribution < -0.4 is 5.73 Å². The molecule has 0 amide bonds. The Morgan fingerprint density at radius 3 is 2.48 bits per heavy atom. The predicted octanol–water partition coefficient (Wildman–Crippen LogP) is 4.66. The van der Waals surface area contributed by atoms with Gasteiger partial charge in [-0.1, -0.05) is 35.9 Å². The first-order valence-electron chi connectivity index (χ1n) is 6.81. The fourth-order valence-corrected chi connectivity index (χ4v) is 2.55. The van der Waals surface area contributed by atoms with E-state index in [0.29, 0.717) is 21.8 Å². The minimum absolute atomic E-state index is 0.101. The molecule has 0 bridgehead atoms. The van der Waals surface area contributed by atoms with Gasteiger partial charge in [-0.3, -0.25) is 0 Å². The van der Waals surface area contributed by atoms with E-state index in [1.807, 2.05) is 12.1 Å². The van der Waals surface area contributed by atoms with Gasteiger partial charge in [-0.15, -0.1) is 0 Å². The lowest BCUT2D eigenvalue weighted by Crippen LogP contribution is -2.00. The Balaban J connectivity index is 2.25. The fourth-order valence-electron chi connectivity index (χ4n) is 2.36. The minimum atomic E-state index is -0.383. The first kappa shape index (κ1) is 15.0. The summed E-state index contributed by atoms with van der Waals surface area (Å²) in [6.45, 7) is 0. The Bertz CT molecular complexity index is 932. The van der Waals surface area contributed by atoms with Crippen molar-refractivity contribution in [3.8, 4) is 28.5 Å². The molecule has 0 atom stereocenters. The number of pyridine rings is 1. The Kier molecular flexibility index (Phi) is 3.96. The molecule has 0 aliphatic rings. The number of rotatable bonds is 2. The van der Waals surface area contributed by atoms with Gasteiger partial charge in [0.05, 0.1) is 5.69 Å². The van der Waals surface area contributed by atoms with Gasteiger partial charge in [-0.2, -0.15) is 5.26 Å². The molecular weight excluding hydrogens is 313 g/mol. The first-order chi connectivity index (χ1) is 11.1. The molecule has 0 radical (unpaired) electrons. The van der Waals surface area contributed by atoms with Crippen molar-refractivity contribution in [1.82, 2.24) is 4.98 Å². The van der Waals surface area contributed by atoms with Gasteiger partial charge in [0.1, 0.15) is 23.3 Å². The molecule has 1 aromatic heterocycles. The van der Waals surface area contributed by atoms with Crippen molar-refractivity contribution in [1.29, 1.82) is 5.26 Å². The summed E-state index contributed by atoms with van der Waals surface area (Å²) in [5.41, 5.74) is 8.59. The molecular formula is C18H11ClFN3. The van der Waals surface area contributed by atoms with Crippen LogP contribution in [-0.2, 0) is 0 Å². The molecule has 3 aromatic rings. The second-order valence-corrected chi connectivity index (χ2v) is 5.38. The van der Waals surface area contributed by atoms with Crippen LogP contribution in [0.2, 0.25) is 5.02 Å². The summed E-state index contributed by atoms with van der Waals surface area (Å²) >= 11 is 6.01. The Labute approximate surface area is 137 Å². The molecule has 0 unspecified atom stereocenters.